The minimum atomic E-state index is 0.761. The van der Waals surface area contributed by atoms with E-state index in [9.17, 15) is 0 Å². The van der Waals surface area contributed by atoms with E-state index in [2.05, 4.69) is 49.0 Å². The Morgan fingerprint density at radius 2 is 1.83 bits per heavy atom. The van der Waals surface area contributed by atoms with Crippen LogP contribution in [0.5, 0.6) is 0 Å². The molecule has 2 rings (SSSR count). The van der Waals surface area contributed by atoms with Gasteiger partial charge in [0.2, 0.25) is 0 Å². The lowest BCUT2D eigenvalue weighted by molar-refractivity contribution is 0.828. The second kappa shape index (κ2) is 9.52. The molecule has 0 fully saturated rings. The predicted octanol–water partition coefficient (Wildman–Crippen LogP) is 6.06. The molecule has 0 aliphatic rings. The zero-order valence-corrected chi connectivity index (χ0v) is 14.8. The molecule has 0 atom stereocenters. The van der Waals surface area contributed by atoms with Crippen LogP contribution in [0.2, 0.25) is 0 Å². The van der Waals surface area contributed by atoms with Crippen LogP contribution in [0.1, 0.15) is 44.2 Å². The van der Waals surface area contributed by atoms with E-state index in [1.165, 1.54) is 5.56 Å². The maximum Gasteiger partial charge on any atom is 0.103 e. The topological polar surface area (TPSA) is 28.0 Å². The monoisotopic (exact) mass is 319 g/mol. The molecule has 0 heterocycles. The van der Waals surface area contributed by atoms with E-state index in [1.54, 1.807) is 0 Å². The standard InChI is InChI=1S/C21H25N3/c1-4-6-7-9-12-19-17-18(3)15-16-21(19)22-23-24(5-2)20-13-10-8-11-14-20/h8,10-11,13-17H,4-7H2,1-3H3. The quantitative estimate of drug-likeness (QED) is 0.275. The highest BCUT2D eigenvalue weighted by atomic mass is 15.5. The molecule has 0 bridgehead atoms. The van der Waals surface area contributed by atoms with Crippen LogP contribution in [0.25, 0.3) is 0 Å². The average molecular weight is 319 g/mol. The molecule has 0 aliphatic carbocycles. The summed E-state index contributed by atoms with van der Waals surface area (Å²) in [6, 6.07) is 16.2. The SMILES string of the molecule is CCCCC#Cc1cc(C)ccc1N=NN(CC)c1ccccc1. The number of hydrogen-bond donors (Lipinski definition) is 0. The molecule has 0 saturated carbocycles. The highest BCUT2D eigenvalue weighted by Gasteiger charge is 2.03. The Morgan fingerprint density at radius 3 is 2.54 bits per heavy atom. The average Bonchev–Trinajstić information content (AvgIpc) is 2.61. The fourth-order valence-electron chi connectivity index (χ4n) is 2.26. The highest BCUT2D eigenvalue weighted by molar-refractivity contribution is 5.56. The number of benzene rings is 2. The van der Waals surface area contributed by atoms with Gasteiger partial charge < -0.3 is 0 Å². The van der Waals surface area contributed by atoms with Crippen molar-refractivity contribution in [3.8, 4) is 11.8 Å². The Labute approximate surface area is 145 Å². The first-order valence-corrected chi connectivity index (χ1v) is 8.58. The van der Waals surface area contributed by atoms with Gasteiger partial charge in [0, 0.05) is 13.0 Å². The summed E-state index contributed by atoms with van der Waals surface area (Å²) >= 11 is 0. The molecule has 124 valence electrons. The van der Waals surface area contributed by atoms with Crippen molar-refractivity contribution in [2.45, 2.75) is 40.0 Å². The number of rotatable bonds is 6. The summed E-state index contributed by atoms with van der Waals surface area (Å²) in [4.78, 5) is 0. The van der Waals surface area contributed by atoms with Crippen molar-refractivity contribution in [2.75, 3.05) is 11.6 Å². The van der Waals surface area contributed by atoms with Crippen LogP contribution in [-0.2, 0) is 0 Å². The largest absolute Gasteiger partial charge is 0.247 e. The number of nitrogens with zero attached hydrogens (tertiary/aromatic N) is 3. The molecule has 0 N–H and O–H groups in total. The Balaban J connectivity index is 2.22. The minimum absolute atomic E-state index is 0.761. The summed E-state index contributed by atoms with van der Waals surface area (Å²) < 4.78 is 0. The van der Waals surface area contributed by atoms with E-state index in [0.29, 0.717) is 0 Å². The first-order chi connectivity index (χ1) is 11.7. The van der Waals surface area contributed by atoms with Crippen LogP contribution in [0, 0.1) is 18.8 Å². The van der Waals surface area contributed by atoms with Gasteiger partial charge in [0.05, 0.1) is 11.3 Å². The van der Waals surface area contributed by atoms with E-state index in [-0.39, 0.29) is 0 Å². The number of hydrogen-bond acceptors (Lipinski definition) is 2. The zero-order chi connectivity index (χ0) is 17.2. The predicted molar refractivity (Wildman–Crippen MR) is 102 cm³/mol. The van der Waals surface area contributed by atoms with Crippen molar-refractivity contribution >= 4 is 11.4 Å². The summed E-state index contributed by atoms with van der Waals surface area (Å²) in [5.41, 5.74) is 3.98. The molecule has 3 nitrogen and oxygen atoms in total. The lowest BCUT2D eigenvalue weighted by atomic mass is 10.1. The zero-order valence-electron chi connectivity index (χ0n) is 14.8. The van der Waals surface area contributed by atoms with Gasteiger partial charge >= 0.3 is 0 Å². The molecule has 0 amide bonds. The smallest absolute Gasteiger partial charge is 0.103 e. The second-order valence-corrected chi connectivity index (χ2v) is 5.67. The molecule has 3 heteroatoms. The van der Waals surface area contributed by atoms with Gasteiger partial charge in [-0.3, -0.25) is 0 Å². The van der Waals surface area contributed by atoms with Crippen LogP contribution < -0.4 is 5.01 Å². The first-order valence-electron chi connectivity index (χ1n) is 8.58. The van der Waals surface area contributed by atoms with Crippen LogP contribution in [0.3, 0.4) is 0 Å². The fourth-order valence-corrected chi connectivity index (χ4v) is 2.26. The summed E-state index contributed by atoms with van der Waals surface area (Å²) in [5.74, 6) is 6.49. The van der Waals surface area contributed by atoms with Gasteiger partial charge in [0.1, 0.15) is 5.69 Å². The van der Waals surface area contributed by atoms with E-state index in [4.69, 9.17) is 0 Å². The van der Waals surface area contributed by atoms with Crippen LogP contribution >= 0.6 is 0 Å². The van der Waals surface area contributed by atoms with E-state index >= 15 is 0 Å². The Hall–Kier alpha value is -2.60. The van der Waals surface area contributed by atoms with Gasteiger partial charge in [-0.2, -0.15) is 0 Å². The van der Waals surface area contributed by atoms with Crippen molar-refractivity contribution in [3.05, 3.63) is 59.7 Å². The summed E-state index contributed by atoms with van der Waals surface area (Å²) in [7, 11) is 0. The molecular formula is C21H25N3. The maximum atomic E-state index is 4.44. The third-order valence-corrected chi connectivity index (χ3v) is 3.64. The molecule has 0 radical (unpaired) electrons. The summed E-state index contributed by atoms with van der Waals surface area (Å²) in [6.45, 7) is 7.07. The maximum absolute atomic E-state index is 4.44. The molecule has 0 aliphatic heterocycles. The number of para-hydroxylation sites is 1. The van der Waals surface area contributed by atoms with Crippen molar-refractivity contribution < 1.29 is 0 Å². The Bertz CT molecular complexity index is 724. The highest BCUT2D eigenvalue weighted by Crippen LogP contribution is 2.22. The molecule has 0 unspecified atom stereocenters. The summed E-state index contributed by atoms with van der Waals surface area (Å²) in [5, 5.41) is 10.7. The van der Waals surface area contributed by atoms with Crippen molar-refractivity contribution in [3.63, 3.8) is 0 Å². The number of anilines is 1. The first kappa shape index (κ1) is 17.7. The van der Waals surface area contributed by atoms with Gasteiger partial charge in [-0.1, -0.05) is 54.7 Å². The Kier molecular flexibility index (Phi) is 7.04. The van der Waals surface area contributed by atoms with Gasteiger partial charge in [0.15, 0.2) is 0 Å². The van der Waals surface area contributed by atoms with Gasteiger partial charge in [0.25, 0.3) is 0 Å². The molecule has 0 aromatic heterocycles. The molecule has 2 aromatic rings. The van der Waals surface area contributed by atoms with E-state index < -0.39 is 0 Å². The van der Waals surface area contributed by atoms with Crippen LogP contribution in [0.15, 0.2) is 58.9 Å². The van der Waals surface area contributed by atoms with Gasteiger partial charge in [-0.05, 0) is 50.1 Å². The third kappa shape index (κ3) is 5.24. The van der Waals surface area contributed by atoms with Crippen LogP contribution in [-0.4, -0.2) is 6.54 Å². The van der Waals surface area contributed by atoms with Gasteiger partial charge in [-0.25, -0.2) is 5.01 Å². The van der Waals surface area contributed by atoms with Gasteiger partial charge in [-0.15, -0.1) is 5.11 Å². The second-order valence-electron chi connectivity index (χ2n) is 5.67. The lowest BCUT2D eigenvalue weighted by Gasteiger charge is -2.15. The molecule has 24 heavy (non-hydrogen) atoms. The molecule has 0 saturated heterocycles. The molecule has 0 spiro atoms. The number of aryl methyl sites for hydroxylation is 1. The lowest BCUT2D eigenvalue weighted by Crippen LogP contribution is -2.13. The summed E-state index contributed by atoms with van der Waals surface area (Å²) in [6.07, 6.45) is 3.22. The minimum Gasteiger partial charge on any atom is -0.247 e. The third-order valence-electron chi connectivity index (χ3n) is 3.64. The van der Waals surface area contributed by atoms with Crippen LogP contribution in [0.4, 0.5) is 11.4 Å². The van der Waals surface area contributed by atoms with E-state index in [1.807, 2.05) is 47.5 Å². The number of unbranched alkanes of at least 4 members (excludes halogenated alkanes) is 2. The van der Waals surface area contributed by atoms with Crippen molar-refractivity contribution in [2.24, 2.45) is 10.3 Å². The van der Waals surface area contributed by atoms with E-state index in [0.717, 1.165) is 42.7 Å². The van der Waals surface area contributed by atoms with Crippen molar-refractivity contribution in [1.82, 2.24) is 0 Å². The molecular weight excluding hydrogens is 294 g/mol. The normalized spacial score (nSPS) is 10.5. The fraction of sp³-hybridized carbons (Fsp3) is 0.333. The molecule has 2 aromatic carbocycles. The van der Waals surface area contributed by atoms with Crippen molar-refractivity contribution in [1.29, 1.82) is 0 Å². The Morgan fingerprint density at radius 1 is 1.04 bits per heavy atom.